The van der Waals surface area contributed by atoms with Gasteiger partial charge in [-0.05, 0) is 41.7 Å². The zero-order valence-electron chi connectivity index (χ0n) is 13.9. The quantitative estimate of drug-likeness (QED) is 0.849. The Bertz CT molecular complexity index is 563. The van der Waals surface area contributed by atoms with Crippen LogP contribution in [-0.2, 0) is 4.74 Å². The number of hydrogen-bond acceptors (Lipinski definition) is 4. The minimum absolute atomic E-state index is 0.274. The lowest BCUT2D eigenvalue weighted by Crippen LogP contribution is -2.47. The van der Waals surface area contributed by atoms with Crippen molar-refractivity contribution in [2.75, 3.05) is 39.4 Å². The van der Waals surface area contributed by atoms with Crippen LogP contribution in [0.3, 0.4) is 0 Å². The molecule has 3 aliphatic rings. The van der Waals surface area contributed by atoms with Crippen LogP contribution in [0.25, 0.3) is 0 Å². The Labute approximate surface area is 142 Å². The second-order valence-corrected chi connectivity index (χ2v) is 7.99. The molecule has 1 saturated carbocycles. The molecule has 1 aromatic heterocycles. The van der Waals surface area contributed by atoms with E-state index in [2.05, 4.69) is 28.2 Å². The van der Waals surface area contributed by atoms with Crippen LogP contribution >= 0.6 is 11.3 Å². The predicted molar refractivity (Wildman–Crippen MR) is 92.2 cm³/mol. The highest BCUT2D eigenvalue weighted by atomic mass is 32.1. The van der Waals surface area contributed by atoms with Crippen LogP contribution in [-0.4, -0.2) is 61.1 Å². The molecular weight excluding hydrogens is 308 g/mol. The first-order valence-electron chi connectivity index (χ1n) is 8.96. The Hall–Kier alpha value is -0.910. The second-order valence-electron chi connectivity index (χ2n) is 7.07. The maximum atomic E-state index is 13.0. The molecule has 1 aliphatic carbocycles. The molecule has 5 heteroatoms. The fourth-order valence-corrected chi connectivity index (χ4v) is 5.05. The molecule has 0 N–H and O–H groups in total. The smallest absolute Gasteiger partial charge is 0.264 e. The van der Waals surface area contributed by atoms with Crippen molar-refractivity contribution in [2.24, 2.45) is 5.92 Å². The summed E-state index contributed by atoms with van der Waals surface area (Å²) in [5.41, 5.74) is 1.31. The fraction of sp³-hybridized carbons (Fsp3) is 0.722. The maximum absolute atomic E-state index is 13.0. The molecule has 2 aliphatic heterocycles. The highest BCUT2D eigenvalue weighted by molar-refractivity contribution is 7.12. The molecule has 1 aromatic rings. The topological polar surface area (TPSA) is 32.8 Å². The molecule has 4 nitrogen and oxygen atoms in total. The largest absolute Gasteiger partial charge is 0.379 e. The number of amides is 1. The Balaban J connectivity index is 1.48. The average Bonchev–Trinajstić information content (AvgIpc) is 3.16. The third kappa shape index (κ3) is 3.06. The molecule has 2 saturated heterocycles. The van der Waals surface area contributed by atoms with Crippen LogP contribution in [0, 0.1) is 5.92 Å². The molecule has 1 amide bonds. The van der Waals surface area contributed by atoms with E-state index < -0.39 is 0 Å². The van der Waals surface area contributed by atoms with Gasteiger partial charge in [0.15, 0.2) is 0 Å². The lowest BCUT2D eigenvalue weighted by Gasteiger charge is -2.34. The van der Waals surface area contributed by atoms with Crippen molar-refractivity contribution in [1.82, 2.24) is 9.80 Å². The third-order valence-corrected chi connectivity index (χ3v) is 6.56. The summed E-state index contributed by atoms with van der Waals surface area (Å²) < 4.78 is 5.49. The minimum atomic E-state index is 0.274. The van der Waals surface area contributed by atoms with Gasteiger partial charge in [0.1, 0.15) is 0 Å². The SMILES string of the molecule is CC[C@H]1CN(C(=O)c2sccc2C2CC2)C[C@@H]1N1CCOCC1. The van der Waals surface area contributed by atoms with Crippen molar-refractivity contribution < 1.29 is 9.53 Å². The molecule has 0 aromatic carbocycles. The zero-order chi connectivity index (χ0) is 15.8. The second kappa shape index (κ2) is 6.54. The fourth-order valence-electron chi connectivity index (χ4n) is 4.10. The molecule has 4 rings (SSSR count). The van der Waals surface area contributed by atoms with Gasteiger partial charge in [-0.2, -0.15) is 0 Å². The van der Waals surface area contributed by atoms with Crippen LogP contribution in [0.15, 0.2) is 11.4 Å². The van der Waals surface area contributed by atoms with E-state index in [-0.39, 0.29) is 5.91 Å². The van der Waals surface area contributed by atoms with E-state index in [4.69, 9.17) is 4.74 Å². The highest BCUT2D eigenvalue weighted by Crippen LogP contribution is 2.43. The Morgan fingerprint density at radius 3 is 2.78 bits per heavy atom. The number of morpholine rings is 1. The number of likely N-dealkylation sites (tertiary alicyclic amines) is 1. The standard InChI is InChI=1S/C18H26N2O2S/c1-2-13-11-20(12-16(13)19-6-8-22-9-7-19)18(21)17-15(5-10-23-17)14-3-4-14/h5,10,13-14,16H,2-4,6-9,11-12H2,1H3/t13-,16-/m0/s1. The number of hydrogen-bond donors (Lipinski definition) is 0. The number of carbonyl (C=O) groups excluding carboxylic acids is 1. The number of ether oxygens (including phenoxy) is 1. The van der Waals surface area contributed by atoms with Gasteiger partial charge in [-0.3, -0.25) is 9.69 Å². The minimum Gasteiger partial charge on any atom is -0.379 e. The van der Waals surface area contributed by atoms with Crippen molar-refractivity contribution in [3.8, 4) is 0 Å². The predicted octanol–water partition coefficient (Wildman–Crippen LogP) is 2.81. The van der Waals surface area contributed by atoms with Gasteiger partial charge in [0.25, 0.3) is 5.91 Å². The summed E-state index contributed by atoms with van der Waals surface area (Å²) in [7, 11) is 0. The molecule has 126 valence electrons. The van der Waals surface area contributed by atoms with E-state index in [1.165, 1.54) is 18.4 Å². The first kappa shape index (κ1) is 15.6. The van der Waals surface area contributed by atoms with Gasteiger partial charge >= 0.3 is 0 Å². The van der Waals surface area contributed by atoms with E-state index in [1.54, 1.807) is 11.3 Å². The average molecular weight is 334 g/mol. The molecular formula is C18H26N2O2S. The first-order chi connectivity index (χ1) is 11.3. The summed E-state index contributed by atoms with van der Waals surface area (Å²) in [5, 5.41) is 2.09. The summed E-state index contributed by atoms with van der Waals surface area (Å²) in [6, 6.07) is 2.68. The van der Waals surface area contributed by atoms with Gasteiger partial charge in [-0.15, -0.1) is 11.3 Å². The number of thiophene rings is 1. The van der Waals surface area contributed by atoms with Gasteiger partial charge in [-0.1, -0.05) is 13.3 Å². The van der Waals surface area contributed by atoms with E-state index in [0.717, 1.165) is 50.7 Å². The van der Waals surface area contributed by atoms with Gasteiger partial charge in [0.2, 0.25) is 0 Å². The summed E-state index contributed by atoms with van der Waals surface area (Å²) >= 11 is 1.63. The van der Waals surface area contributed by atoms with Crippen LogP contribution in [0.4, 0.5) is 0 Å². The van der Waals surface area contributed by atoms with Crippen LogP contribution < -0.4 is 0 Å². The summed E-state index contributed by atoms with van der Waals surface area (Å²) in [6.45, 7) is 7.74. The molecule has 0 radical (unpaired) electrons. The molecule has 3 fully saturated rings. The number of rotatable bonds is 4. The van der Waals surface area contributed by atoms with E-state index in [0.29, 0.717) is 17.9 Å². The van der Waals surface area contributed by atoms with Crippen molar-refractivity contribution in [2.45, 2.75) is 38.1 Å². The number of nitrogens with zero attached hydrogens (tertiary/aromatic N) is 2. The molecule has 0 unspecified atom stereocenters. The van der Waals surface area contributed by atoms with Crippen molar-refractivity contribution in [1.29, 1.82) is 0 Å². The summed E-state index contributed by atoms with van der Waals surface area (Å²) in [5.74, 6) is 1.53. The van der Waals surface area contributed by atoms with Gasteiger partial charge in [-0.25, -0.2) is 0 Å². The lowest BCUT2D eigenvalue weighted by molar-refractivity contribution is 0.0103. The number of carbonyl (C=O) groups is 1. The Morgan fingerprint density at radius 2 is 2.09 bits per heavy atom. The zero-order valence-corrected chi connectivity index (χ0v) is 14.7. The van der Waals surface area contributed by atoms with Gasteiger partial charge in [0.05, 0.1) is 18.1 Å². The molecule has 23 heavy (non-hydrogen) atoms. The lowest BCUT2D eigenvalue weighted by atomic mass is 9.99. The Kier molecular flexibility index (Phi) is 4.43. The van der Waals surface area contributed by atoms with Crippen molar-refractivity contribution >= 4 is 17.2 Å². The molecule has 2 atom stereocenters. The van der Waals surface area contributed by atoms with E-state index >= 15 is 0 Å². The highest BCUT2D eigenvalue weighted by Gasteiger charge is 2.39. The van der Waals surface area contributed by atoms with E-state index in [9.17, 15) is 4.79 Å². The van der Waals surface area contributed by atoms with Crippen LogP contribution in [0.1, 0.15) is 47.3 Å². The molecule has 0 spiro atoms. The maximum Gasteiger partial charge on any atom is 0.264 e. The first-order valence-corrected chi connectivity index (χ1v) is 9.84. The third-order valence-electron chi connectivity index (χ3n) is 5.64. The van der Waals surface area contributed by atoms with Gasteiger partial charge in [0, 0.05) is 32.2 Å². The summed E-state index contributed by atoms with van der Waals surface area (Å²) in [4.78, 5) is 18.7. The molecule has 3 heterocycles. The monoisotopic (exact) mass is 334 g/mol. The Morgan fingerprint density at radius 1 is 1.30 bits per heavy atom. The van der Waals surface area contributed by atoms with Crippen LogP contribution in [0.2, 0.25) is 0 Å². The van der Waals surface area contributed by atoms with E-state index in [1.807, 2.05) is 0 Å². The molecule has 0 bridgehead atoms. The van der Waals surface area contributed by atoms with Crippen molar-refractivity contribution in [3.63, 3.8) is 0 Å². The van der Waals surface area contributed by atoms with Crippen molar-refractivity contribution in [3.05, 3.63) is 21.9 Å². The van der Waals surface area contributed by atoms with Gasteiger partial charge < -0.3 is 9.64 Å². The summed E-state index contributed by atoms with van der Waals surface area (Å²) in [6.07, 6.45) is 3.65. The normalized spacial score (nSPS) is 29.2. The van der Waals surface area contributed by atoms with Crippen LogP contribution in [0.5, 0.6) is 0 Å².